The number of carboxylic acid groups (broad SMARTS) is 2. The minimum absolute atomic E-state index is 0.177. The number of nitrogens with zero attached hydrogens (tertiary/aromatic N) is 3. The van der Waals surface area contributed by atoms with Crippen LogP contribution in [0.5, 0.6) is 5.75 Å². The Kier molecular flexibility index (Phi) is 8.32. The number of benzene rings is 1. The Labute approximate surface area is 217 Å². The van der Waals surface area contributed by atoms with Crippen LogP contribution in [0.3, 0.4) is 0 Å². The molecule has 4 heterocycles. The Balaban J connectivity index is 0.000000349. The van der Waals surface area contributed by atoms with E-state index in [0.717, 1.165) is 55.2 Å². The number of carbonyl (C=O) groups is 3. The molecule has 5 rings (SSSR count). The molecule has 1 saturated heterocycles. The number of carboxylic acids is 2. The van der Waals surface area contributed by atoms with Crippen LogP contribution < -0.4 is 0 Å². The second kappa shape index (κ2) is 11.8. The quantitative estimate of drug-likeness (QED) is 0.433. The summed E-state index contributed by atoms with van der Waals surface area (Å²) in [7, 11) is 0. The number of aromatic hydroxyl groups is 1. The van der Waals surface area contributed by atoms with Gasteiger partial charge in [0.25, 0.3) is 0 Å². The number of hydrogen-bond acceptors (Lipinski definition) is 7. The summed E-state index contributed by atoms with van der Waals surface area (Å²) in [6, 6.07) is 9.58. The zero-order chi connectivity index (χ0) is 26.4. The second-order valence-corrected chi connectivity index (χ2v) is 9.63. The van der Waals surface area contributed by atoms with E-state index in [0.29, 0.717) is 24.4 Å². The molecule has 0 atom stereocenters. The van der Waals surface area contributed by atoms with Crippen molar-refractivity contribution in [3.8, 4) is 5.75 Å². The zero-order valence-electron chi connectivity index (χ0n) is 20.0. The SMILES string of the molecule is O=C(O)/C=C/C(=O)O.O=C1Cn2ccnc2C(=C2CCN(CCc3ccc(O)cc3)CC2)c2ccsc21. The molecule has 2 aliphatic heterocycles. The highest BCUT2D eigenvalue weighted by atomic mass is 32.1. The van der Waals surface area contributed by atoms with Crippen LogP contribution in [0.25, 0.3) is 5.57 Å². The third-order valence-electron chi connectivity index (χ3n) is 6.28. The van der Waals surface area contributed by atoms with Crippen LogP contribution in [0.1, 0.15) is 39.5 Å². The molecule has 1 aromatic carbocycles. The fourth-order valence-corrected chi connectivity index (χ4v) is 5.30. The summed E-state index contributed by atoms with van der Waals surface area (Å²) < 4.78 is 1.99. The molecule has 9 nitrogen and oxygen atoms in total. The molecular formula is C27H27N3O6S. The zero-order valence-corrected chi connectivity index (χ0v) is 20.9. The number of thiophene rings is 1. The summed E-state index contributed by atoms with van der Waals surface area (Å²) in [4.78, 5) is 39.8. The highest BCUT2D eigenvalue weighted by molar-refractivity contribution is 7.12. The van der Waals surface area contributed by atoms with Gasteiger partial charge in [-0.2, -0.15) is 0 Å². The van der Waals surface area contributed by atoms with E-state index in [1.807, 2.05) is 28.3 Å². The number of rotatable bonds is 5. The Hall–Kier alpha value is -4.02. The number of carbonyl (C=O) groups excluding carboxylic acids is 1. The number of fused-ring (bicyclic) bond motifs is 2. The Morgan fingerprint density at radius 3 is 2.35 bits per heavy atom. The first-order valence-electron chi connectivity index (χ1n) is 11.8. The maximum Gasteiger partial charge on any atom is 0.328 e. The highest BCUT2D eigenvalue weighted by Crippen LogP contribution is 2.37. The van der Waals surface area contributed by atoms with Crippen molar-refractivity contribution in [2.45, 2.75) is 25.8 Å². The van der Waals surface area contributed by atoms with Crippen molar-refractivity contribution in [1.82, 2.24) is 14.5 Å². The lowest BCUT2D eigenvalue weighted by Crippen LogP contribution is -2.33. The number of piperidine rings is 1. The number of aliphatic carboxylic acids is 2. The molecule has 3 N–H and O–H groups in total. The lowest BCUT2D eigenvalue weighted by atomic mass is 9.92. The molecule has 0 bridgehead atoms. The van der Waals surface area contributed by atoms with Crippen molar-refractivity contribution in [2.24, 2.45) is 0 Å². The molecule has 2 aromatic heterocycles. The van der Waals surface area contributed by atoms with Gasteiger partial charge in [-0.25, -0.2) is 14.6 Å². The highest BCUT2D eigenvalue weighted by Gasteiger charge is 2.28. The predicted octanol–water partition coefficient (Wildman–Crippen LogP) is 3.70. The minimum atomic E-state index is -1.26. The predicted molar refractivity (Wildman–Crippen MR) is 139 cm³/mol. The number of hydrogen-bond donors (Lipinski definition) is 3. The van der Waals surface area contributed by atoms with Crippen molar-refractivity contribution < 1.29 is 29.7 Å². The van der Waals surface area contributed by atoms with E-state index in [-0.39, 0.29) is 5.78 Å². The fraction of sp³-hybridized carbons (Fsp3) is 0.259. The second-order valence-electron chi connectivity index (χ2n) is 8.71. The topological polar surface area (TPSA) is 133 Å². The summed E-state index contributed by atoms with van der Waals surface area (Å²) >= 11 is 1.54. The molecule has 10 heteroatoms. The minimum Gasteiger partial charge on any atom is -0.508 e. The van der Waals surface area contributed by atoms with Gasteiger partial charge >= 0.3 is 11.9 Å². The number of phenols is 1. The number of imidazole rings is 1. The van der Waals surface area contributed by atoms with Crippen molar-refractivity contribution in [1.29, 1.82) is 0 Å². The lowest BCUT2D eigenvalue weighted by Gasteiger charge is -2.29. The molecule has 0 radical (unpaired) electrons. The molecule has 3 aromatic rings. The number of likely N-dealkylation sites (tertiary alicyclic amines) is 1. The maximum absolute atomic E-state index is 12.7. The monoisotopic (exact) mass is 521 g/mol. The van der Waals surface area contributed by atoms with E-state index < -0.39 is 11.9 Å². The average Bonchev–Trinajstić information content (AvgIpc) is 3.52. The summed E-state index contributed by atoms with van der Waals surface area (Å²) in [5.41, 5.74) is 4.90. The summed E-state index contributed by atoms with van der Waals surface area (Å²) in [6.45, 7) is 3.43. The van der Waals surface area contributed by atoms with Crippen LogP contribution in [-0.4, -0.2) is 67.1 Å². The van der Waals surface area contributed by atoms with Crippen molar-refractivity contribution in [3.05, 3.63) is 87.7 Å². The Morgan fingerprint density at radius 1 is 1.03 bits per heavy atom. The van der Waals surface area contributed by atoms with Gasteiger partial charge in [-0.05, 0) is 48.4 Å². The van der Waals surface area contributed by atoms with Crippen LogP contribution in [0.15, 0.2) is 65.8 Å². The third-order valence-corrected chi connectivity index (χ3v) is 7.23. The van der Waals surface area contributed by atoms with Crippen molar-refractivity contribution >= 4 is 34.6 Å². The first-order valence-corrected chi connectivity index (χ1v) is 12.7. The molecule has 2 aliphatic rings. The van der Waals surface area contributed by atoms with Gasteiger partial charge in [0.1, 0.15) is 11.6 Å². The third kappa shape index (κ3) is 6.60. The number of aromatic nitrogens is 2. The summed E-state index contributed by atoms with van der Waals surface area (Å²) in [5.74, 6) is -1.09. The van der Waals surface area contributed by atoms with Crippen LogP contribution in [0.4, 0.5) is 0 Å². The van der Waals surface area contributed by atoms with E-state index in [4.69, 9.17) is 10.2 Å². The molecule has 0 saturated carbocycles. The maximum atomic E-state index is 12.7. The molecule has 1 fully saturated rings. The normalized spacial score (nSPS) is 15.5. The van der Waals surface area contributed by atoms with Crippen LogP contribution in [0, 0.1) is 0 Å². The Morgan fingerprint density at radius 2 is 1.70 bits per heavy atom. The van der Waals surface area contributed by atoms with Gasteiger partial charge in [0, 0.05) is 55.3 Å². The molecule has 37 heavy (non-hydrogen) atoms. The van der Waals surface area contributed by atoms with Gasteiger partial charge < -0.3 is 24.8 Å². The van der Waals surface area contributed by atoms with Crippen LogP contribution in [0.2, 0.25) is 0 Å². The number of phenolic OH excluding ortho intramolecular Hbond substituents is 1. The fourth-order valence-electron chi connectivity index (χ4n) is 4.47. The van der Waals surface area contributed by atoms with E-state index in [1.54, 1.807) is 29.7 Å². The van der Waals surface area contributed by atoms with Crippen molar-refractivity contribution in [3.63, 3.8) is 0 Å². The standard InChI is InChI=1S/C23H23N3O2S.C4H4O4/c27-18-3-1-16(2-4-18)5-10-25-11-6-17(7-12-25)21-19-8-14-29-22(19)20(28)15-26-13-9-24-23(21)26;5-3(6)1-2-4(7)8/h1-4,8-9,13-14,27H,5-7,10-12,15H2;1-2H,(H,5,6)(H,7,8)/b;2-1+. The molecule has 0 unspecified atom stereocenters. The lowest BCUT2D eigenvalue weighted by molar-refractivity contribution is -0.134. The molecular weight excluding hydrogens is 494 g/mol. The molecule has 0 spiro atoms. The first-order chi connectivity index (χ1) is 17.8. The molecule has 0 aliphatic carbocycles. The largest absolute Gasteiger partial charge is 0.508 e. The van der Waals surface area contributed by atoms with E-state index in [2.05, 4.69) is 16.0 Å². The van der Waals surface area contributed by atoms with Gasteiger partial charge in [0.2, 0.25) is 0 Å². The smallest absolute Gasteiger partial charge is 0.328 e. The van der Waals surface area contributed by atoms with Crippen LogP contribution >= 0.6 is 11.3 Å². The van der Waals surface area contributed by atoms with Crippen molar-refractivity contribution in [2.75, 3.05) is 19.6 Å². The first kappa shape index (κ1) is 26.1. The van der Waals surface area contributed by atoms with E-state index in [9.17, 15) is 19.5 Å². The van der Waals surface area contributed by atoms with Gasteiger partial charge in [-0.1, -0.05) is 17.7 Å². The summed E-state index contributed by atoms with van der Waals surface area (Å²) in [6.07, 6.45) is 7.82. The van der Waals surface area contributed by atoms with E-state index in [1.165, 1.54) is 16.7 Å². The molecule has 192 valence electrons. The summed E-state index contributed by atoms with van der Waals surface area (Å²) in [5, 5.41) is 27.1. The van der Waals surface area contributed by atoms with Gasteiger partial charge in [-0.3, -0.25) is 4.79 Å². The van der Waals surface area contributed by atoms with Gasteiger partial charge in [-0.15, -0.1) is 11.3 Å². The van der Waals surface area contributed by atoms with Gasteiger partial charge in [0.15, 0.2) is 5.78 Å². The number of Topliss-reactive ketones (excluding diaryl/α,β-unsaturated/α-hetero) is 1. The van der Waals surface area contributed by atoms with E-state index >= 15 is 0 Å². The molecule has 0 amide bonds. The van der Waals surface area contributed by atoms with Gasteiger partial charge in [0.05, 0.1) is 11.4 Å². The van der Waals surface area contributed by atoms with Crippen LogP contribution in [-0.2, 0) is 22.6 Å². The number of ketones is 1. The average molecular weight is 522 g/mol. The Bertz CT molecular complexity index is 1330.